The molecule has 478 valence electrons. The topological polar surface area (TPSA) is 175 Å². The lowest BCUT2D eigenvalue weighted by molar-refractivity contribution is -0.305. The quantitative estimate of drug-likeness (QED) is 0.0195. The van der Waals surface area contributed by atoms with Crippen LogP contribution < -0.4 is 5.32 Å². The summed E-state index contributed by atoms with van der Waals surface area (Å²) >= 11 is 0. The Kier molecular flexibility index (Phi) is 55.7. The normalized spacial score (nSPS) is 18.7. The molecule has 8 atom stereocenters. The number of hydrogen-bond donors (Lipinski definition) is 6. The summed E-state index contributed by atoms with van der Waals surface area (Å²) in [6.07, 6.45) is 59.3. The Morgan fingerprint density at radius 2 is 0.815 bits per heavy atom. The molecule has 1 saturated heterocycles. The second-order valence-corrected chi connectivity index (χ2v) is 24.6. The molecule has 0 spiro atoms. The molecule has 1 fully saturated rings. The average Bonchev–Trinajstić information content (AvgIpc) is 3.46. The van der Waals surface area contributed by atoms with Crippen LogP contribution in [-0.4, -0.2) is 99.6 Å². The Bertz CT molecular complexity index is 1410. The number of amides is 1. The number of ether oxygens (including phenoxy) is 3. The van der Waals surface area contributed by atoms with E-state index in [-0.39, 0.29) is 13.0 Å². The predicted molar refractivity (Wildman–Crippen MR) is 338 cm³/mol. The van der Waals surface area contributed by atoms with Crippen LogP contribution in [0, 0.1) is 0 Å². The van der Waals surface area contributed by atoms with Crippen LogP contribution >= 0.6 is 0 Å². The van der Waals surface area contributed by atoms with Gasteiger partial charge < -0.3 is 45.1 Å². The number of carbonyl (C=O) groups is 2. The van der Waals surface area contributed by atoms with Crippen LogP contribution in [0.3, 0.4) is 0 Å². The van der Waals surface area contributed by atoms with Crippen molar-refractivity contribution in [3.8, 4) is 0 Å². The van der Waals surface area contributed by atoms with Crippen molar-refractivity contribution in [1.29, 1.82) is 0 Å². The summed E-state index contributed by atoms with van der Waals surface area (Å²) in [5, 5.41) is 57.2. The highest BCUT2D eigenvalue weighted by Gasteiger charge is 2.47. The van der Waals surface area contributed by atoms with Gasteiger partial charge in [-0.05, 0) is 51.4 Å². The van der Waals surface area contributed by atoms with E-state index in [9.17, 15) is 35.1 Å². The van der Waals surface area contributed by atoms with Crippen molar-refractivity contribution >= 4 is 11.9 Å². The molecule has 0 bridgehead atoms. The smallest absolute Gasteiger partial charge is 0.306 e. The molecule has 6 N–H and O–H groups in total. The zero-order valence-electron chi connectivity index (χ0n) is 53.2. The van der Waals surface area contributed by atoms with Gasteiger partial charge >= 0.3 is 5.97 Å². The number of esters is 1. The van der Waals surface area contributed by atoms with E-state index in [2.05, 4.69) is 38.2 Å². The first-order chi connectivity index (χ1) is 39.7. The lowest BCUT2D eigenvalue weighted by atomic mass is 9.99. The first kappa shape index (κ1) is 77.2. The van der Waals surface area contributed by atoms with Crippen LogP contribution in [-0.2, 0) is 23.8 Å². The third kappa shape index (κ3) is 46.1. The fourth-order valence-electron chi connectivity index (χ4n) is 11.3. The predicted octanol–water partition coefficient (Wildman–Crippen LogP) is 17.6. The first-order valence-corrected chi connectivity index (χ1v) is 35.1. The standard InChI is InChI=1S/C70H133NO10/c1-4-7-10-13-16-19-22-25-27-29-31-33-34-36-39-42-45-48-51-54-57-63(74)69(78)71-61(62(73)56-53-50-47-44-41-38-24-21-18-15-12-9-6-3)60-79-70-68(67(77)66(76)64(59-72)80-70)81-65(75)58-55-52-49-46-43-40-37-35-32-30-28-26-23-20-17-14-11-8-5-2/h25,27,53,56,61-64,66-68,70,72-74,76-77H,4-24,26,28-52,54-55,57-60H2,1-3H3,(H,71,78)/b27-25+,56-53+. The molecular weight excluding hydrogens is 1010 g/mol. The highest BCUT2D eigenvalue weighted by Crippen LogP contribution is 2.26. The molecule has 1 aliphatic rings. The van der Waals surface area contributed by atoms with E-state index < -0.39 is 67.4 Å². The lowest BCUT2D eigenvalue weighted by Gasteiger charge is -2.41. The minimum Gasteiger partial charge on any atom is -0.454 e. The molecule has 1 aliphatic heterocycles. The second kappa shape index (κ2) is 58.5. The van der Waals surface area contributed by atoms with Crippen molar-refractivity contribution in [3.63, 3.8) is 0 Å². The molecule has 0 aliphatic carbocycles. The zero-order chi connectivity index (χ0) is 58.9. The number of rotatable bonds is 61. The Morgan fingerprint density at radius 1 is 0.469 bits per heavy atom. The van der Waals surface area contributed by atoms with Crippen molar-refractivity contribution < 1.29 is 49.3 Å². The summed E-state index contributed by atoms with van der Waals surface area (Å²) in [5.41, 5.74) is 0. The highest BCUT2D eigenvalue weighted by atomic mass is 16.7. The number of unbranched alkanes of at least 4 members (excludes halogenated alkanes) is 45. The van der Waals surface area contributed by atoms with E-state index in [1.807, 2.05) is 6.08 Å². The van der Waals surface area contributed by atoms with Gasteiger partial charge in [0, 0.05) is 6.42 Å². The van der Waals surface area contributed by atoms with Crippen molar-refractivity contribution in [1.82, 2.24) is 5.32 Å². The molecule has 0 aromatic carbocycles. The molecule has 11 nitrogen and oxygen atoms in total. The fourth-order valence-corrected chi connectivity index (χ4v) is 11.3. The summed E-state index contributed by atoms with van der Waals surface area (Å²) < 4.78 is 17.7. The van der Waals surface area contributed by atoms with E-state index >= 15 is 0 Å². The van der Waals surface area contributed by atoms with Gasteiger partial charge in [-0.2, -0.15) is 0 Å². The summed E-state index contributed by atoms with van der Waals surface area (Å²) in [4.78, 5) is 26.7. The number of nitrogens with one attached hydrogen (secondary N) is 1. The van der Waals surface area contributed by atoms with Crippen LogP contribution in [0.2, 0.25) is 0 Å². The molecule has 81 heavy (non-hydrogen) atoms. The zero-order valence-corrected chi connectivity index (χ0v) is 53.2. The van der Waals surface area contributed by atoms with E-state index in [1.54, 1.807) is 6.08 Å². The minimum atomic E-state index is -1.61. The van der Waals surface area contributed by atoms with Gasteiger partial charge in [-0.25, -0.2) is 0 Å². The number of aliphatic hydroxyl groups excluding tert-OH is 5. The van der Waals surface area contributed by atoms with Crippen LogP contribution in [0.15, 0.2) is 24.3 Å². The summed E-state index contributed by atoms with van der Waals surface area (Å²) in [7, 11) is 0. The maximum absolute atomic E-state index is 13.5. The van der Waals surface area contributed by atoms with Crippen molar-refractivity contribution in [3.05, 3.63) is 24.3 Å². The molecule has 8 unspecified atom stereocenters. The van der Waals surface area contributed by atoms with Crippen LogP contribution in [0.1, 0.15) is 348 Å². The Labute approximate surface area is 499 Å². The molecule has 11 heteroatoms. The Balaban J connectivity index is 2.60. The van der Waals surface area contributed by atoms with Crippen molar-refractivity contribution in [2.45, 2.75) is 397 Å². The molecule has 0 saturated carbocycles. The maximum Gasteiger partial charge on any atom is 0.306 e. The molecule has 0 radical (unpaired) electrons. The van der Waals surface area contributed by atoms with Crippen LogP contribution in [0.5, 0.6) is 0 Å². The number of allylic oxidation sites excluding steroid dienone is 3. The monoisotopic (exact) mass is 1150 g/mol. The van der Waals surface area contributed by atoms with Gasteiger partial charge in [0.1, 0.15) is 24.4 Å². The summed E-state index contributed by atoms with van der Waals surface area (Å²) in [5.74, 6) is -1.18. The lowest BCUT2D eigenvalue weighted by Crippen LogP contribution is -2.61. The van der Waals surface area contributed by atoms with Crippen LogP contribution in [0.25, 0.3) is 0 Å². The van der Waals surface area contributed by atoms with E-state index in [0.717, 1.165) is 57.8 Å². The molecule has 0 aromatic heterocycles. The molecule has 0 aromatic rings. The van der Waals surface area contributed by atoms with E-state index in [1.165, 1.54) is 244 Å². The Hall–Kier alpha value is -1.86. The van der Waals surface area contributed by atoms with Gasteiger partial charge in [0.25, 0.3) is 0 Å². The minimum absolute atomic E-state index is 0.130. The van der Waals surface area contributed by atoms with Gasteiger partial charge in [-0.15, -0.1) is 0 Å². The molecule has 1 amide bonds. The number of carbonyl (C=O) groups excluding carboxylic acids is 2. The second-order valence-electron chi connectivity index (χ2n) is 24.6. The average molecular weight is 1150 g/mol. The van der Waals surface area contributed by atoms with Gasteiger partial charge in [-0.1, -0.05) is 315 Å². The third-order valence-corrected chi connectivity index (χ3v) is 16.9. The molecule has 1 rings (SSSR count). The molecular formula is C70H133NO10. The fraction of sp³-hybridized carbons (Fsp3) is 0.914. The van der Waals surface area contributed by atoms with Crippen molar-refractivity contribution in [2.75, 3.05) is 13.2 Å². The van der Waals surface area contributed by atoms with Gasteiger partial charge in [0.05, 0.1) is 25.4 Å². The largest absolute Gasteiger partial charge is 0.454 e. The maximum atomic E-state index is 13.5. The summed E-state index contributed by atoms with van der Waals surface area (Å²) in [6.45, 7) is 5.85. The van der Waals surface area contributed by atoms with E-state index in [4.69, 9.17) is 14.2 Å². The summed E-state index contributed by atoms with van der Waals surface area (Å²) in [6, 6.07) is -1.02. The van der Waals surface area contributed by atoms with Gasteiger partial charge in [-0.3, -0.25) is 9.59 Å². The molecule has 1 heterocycles. The van der Waals surface area contributed by atoms with Gasteiger partial charge in [0.2, 0.25) is 5.91 Å². The van der Waals surface area contributed by atoms with Gasteiger partial charge in [0.15, 0.2) is 12.4 Å². The number of aliphatic hydroxyl groups is 5. The SMILES string of the molecule is CCCCCCCC/C=C/CCCCCCCCCCCCC(O)C(=O)NC(COC1OC(CO)C(O)C(O)C1OC(=O)CCCCCCCCCCCCCCCCCCCCC)C(O)/C=C/CCCCCCCCCCCCC. The first-order valence-electron chi connectivity index (χ1n) is 35.1. The Morgan fingerprint density at radius 3 is 1.20 bits per heavy atom. The highest BCUT2D eigenvalue weighted by molar-refractivity contribution is 5.80. The van der Waals surface area contributed by atoms with E-state index in [0.29, 0.717) is 19.3 Å². The van der Waals surface area contributed by atoms with Crippen molar-refractivity contribution in [2.24, 2.45) is 0 Å². The third-order valence-electron chi connectivity index (χ3n) is 16.9. The number of hydrogen-bond acceptors (Lipinski definition) is 10. The van der Waals surface area contributed by atoms with Crippen LogP contribution in [0.4, 0.5) is 0 Å².